The van der Waals surface area contributed by atoms with Crippen LogP contribution in [0.4, 0.5) is 5.82 Å². The van der Waals surface area contributed by atoms with Gasteiger partial charge < -0.3 is 20.7 Å². The van der Waals surface area contributed by atoms with Gasteiger partial charge in [-0.2, -0.15) is 0 Å². The second-order valence-electron chi connectivity index (χ2n) is 5.21. The smallest absolute Gasteiger partial charge is 0.174 e. The highest BCUT2D eigenvalue weighted by atomic mass is 16.4. The quantitative estimate of drug-likeness (QED) is 0.355. The zero-order valence-corrected chi connectivity index (χ0v) is 13.0. The molecule has 6 heteroatoms. The van der Waals surface area contributed by atoms with Crippen molar-refractivity contribution in [2.75, 3.05) is 32.1 Å². The Hall–Kier alpha value is -1.82. The molecule has 0 saturated carbocycles. The Morgan fingerprint density at radius 1 is 1.50 bits per heavy atom. The first kappa shape index (κ1) is 16.2. The average Bonchev–Trinajstić information content (AvgIpc) is 2.38. The predicted molar refractivity (Wildman–Crippen MR) is 82.5 cm³/mol. The summed E-state index contributed by atoms with van der Waals surface area (Å²) < 4.78 is 0. The average molecular weight is 279 g/mol. The van der Waals surface area contributed by atoms with Gasteiger partial charge in [0.15, 0.2) is 5.84 Å². The van der Waals surface area contributed by atoms with E-state index in [2.05, 4.69) is 33.8 Å². The molecule has 1 unspecified atom stereocenters. The third kappa shape index (κ3) is 3.60. The Labute approximate surface area is 120 Å². The summed E-state index contributed by atoms with van der Waals surface area (Å²) in [6.07, 6.45) is 1.75. The third-order valence-electron chi connectivity index (χ3n) is 3.28. The van der Waals surface area contributed by atoms with Crippen LogP contribution in [-0.2, 0) is 0 Å². The SMILES string of the molecule is CCN(c1nccc(C)c1/C(N)=N/O)C(C)CN(C)C. The van der Waals surface area contributed by atoms with Gasteiger partial charge in [-0.15, -0.1) is 0 Å². The zero-order chi connectivity index (χ0) is 15.3. The van der Waals surface area contributed by atoms with Crippen LogP contribution in [0.3, 0.4) is 0 Å². The van der Waals surface area contributed by atoms with Crippen molar-refractivity contribution in [3.05, 3.63) is 23.4 Å². The fourth-order valence-electron chi connectivity index (χ4n) is 2.43. The number of hydrogen-bond donors (Lipinski definition) is 2. The van der Waals surface area contributed by atoms with Gasteiger partial charge in [0.25, 0.3) is 0 Å². The van der Waals surface area contributed by atoms with E-state index in [1.807, 2.05) is 27.1 Å². The molecule has 0 aromatic carbocycles. The van der Waals surface area contributed by atoms with Crippen LogP contribution >= 0.6 is 0 Å². The number of anilines is 1. The molecule has 1 aromatic rings. The van der Waals surface area contributed by atoms with Crippen molar-refractivity contribution in [2.45, 2.75) is 26.8 Å². The lowest BCUT2D eigenvalue weighted by Gasteiger charge is -2.32. The molecule has 0 fully saturated rings. The van der Waals surface area contributed by atoms with Gasteiger partial charge in [0.05, 0.1) is 5.56 Å². The van der Waals surface area contributed by atoms with Crippen molar-refractivity contribution >= 4 is 11.7 Å². The number of oxime groups is 1. The van der Waals surface area contributed by atoms with Crippen LogP contribution < -0.4 is 10.6 Å². The summed E-state index contributed by atoms with van der Waals surface area (Å²) in [5.41, 5.74) is 7.45. The first-order valence-corrected chi connectivity index (χ1v) is 6.77. The molecule has 0 radical (unpaired) electrons. The summed E-state index contributed by atoms with van der Waals surface area (Å²) in [6, 6.07) is 2.14. The normalized spacial score (nSPS) is 13.6. The standard InChI is InChI=1S/C14H25N5O/c1-6-19(11(3)9-18(4)5)14-12(13(15)17-20)10(2)7-8-16-14/h7-8,11,20H,6,9H2,1-5H3,(H2,15,17). The van der Waals surface area contributed by atoms with Crippen LogP contribution in [0.15, 0.2) is 17.4 Å². The Balaban J connectivity index is 3.25. The molecule has 3 N–H and O–H groups in total. The molecule has 1 rings (SSSR count). The minimum atomic E-state index is 0.0982. The van der Waals surface area contributed by atoms with Gasteiger partial charge in [-0.1, -0.05) is 5.16 Å². The molecule has 1 atom stereocenters. The maximum Gasteiger partial charge on any atom is 0.174 e. The van der Waals surface area contributed by atoms with Crippen LogP contribution in [-0.4, -0.2) is 54.2 Å². The molecule has 112 valence electrons. The van der Waals surface area contributed by atoms with Crippen molar-refractivity contribution < 1.29 is 5.21 Å². The van der Waals surface area contributed by atoms with Crippen molar-refractivity contribution in [2.24, 2.45) is 10.9 Å². The molecule has 0 aliphatic heterocycles. The van der Waals surface area contributed by atoms with Crippen LogP contribution in [0.25, 0.3) is 0 Å². The van der Waals surface area contributed by atoms with Crippen LogP contribution in [0.2, 0.25) is 0 Å². The molecule has 1 aromatic heterocycles. The fraction of sp³-hybridized carbons (Fsp3) is 0.571. The van der Waals surface area contributed by atoms with E-state index in [0.717, 1.165) is 24.5 Å². The van der Waals surface area contributed by atoms with Gasteiger partial charge in [0, 0.05) is 25.3 Å². The molecule has 0 aliphatic rings. The minimum Gasteiger partial charge on any atom is -0.409 e. The lowest BCUT2D eigenvalue weighted by atomic mass is 10.1. The first-order chi connectivity index (χ1) is 9.42. The zero-order valence-electron chi connectivity index (χ0n) is 13.0. The number of amidine groups is 1. The van der Waals surface area contributed by atoms with E-state index in [-0.39, 0.29) is 11.9 Å². The monoisotopic (exact) mass is 279 g/mol. The number of pyridine rings is 1. The maximum absolute atomic E-state index is 8.98. The van der Waals surface area contributed by atoms with Crippen molar-refractivity contribution in [1.29, 1.82) is 0 Å². The van der Waals surface area contributed by atoms with E-state index in [0.29, 0.717) is 5.56 Å². The molecular formula is C14H25N5O. The summed E-state index contributed by atoms with van der Waals surface area (Å²) in [4.78, 5) is 8.74. The Kier molecular flexibility index (Phi) is 5.76. The van der Waals surface area contributed by atoms with Gasteiger partial charge in [0.1, 0.15) is 5.82 Å². The molecular weight excluding hydrogens is 254 g/mol. The highest BCUT2D eigenvalue weighted by Gasteiger charge is 2.21. The molecule has 0 amide bonds. The Morgan fingerprint density at radius 3 is 2.65 bits per heavy atom. The fourth-order valence-corrected chi connectivity index (χ4v) is 2.43. The van der Waals surface area contributed by atoms with Crippen molar-refractivity contribution in [3.8, 4) is 0 Å². The Morgan fingerprint density at radius 2 is 2.15 bits per heavy atom. The lowest BCUT2D eigenvalue weighted by Crippen LogP contribution is -2.41. The Bertz CT molecular complexity index is 473. The summed E-state index contributed by atoms with van der Waals surface area (Å²) >= 11 is 0. The third-order valence-corrected chi connectivity index (χ3v) is 3.28. The summed E-state index contributed by atoms with van der Waals surface area (Å²) in [5.74, 6) is 0.859. The minimum absolute atomic E-state index is 0.0982. The molecule has 6 nitrogen and oxygen atoms in total. The molecule has 20 heavy (non-hydrogen) atoms. The summed E-state index contributed by atoms with van der Waals surface area (Å²) in [5, 5.41) is 12.1. The summed E-state index contributed by atoms with van der Waals surface area (Å²) in [7, 11) is 4.08. The highest BCUT2D eigenvalue weighted by Crippen LogP contribution is 2.22. The van der Waals surface area contributed by atoms with Crippen molar-refractivity contribution in [3.63, 3.8) is 0 Å². The molecule has 0 saturated heterocycles. The maximum atomic E-state index is 8.98. The topological polar surface area (TPSA) is 78.0 Å². The van der Waals surface area contributed by atoms with Gasteiger partial charge in [-0.25, -0.2) is 4.98 Å². The number of nitrogens with zero attached hydrogens (tertiary/aromatic N) is 4. The largest absolute Gasteiger partial charge is 0.409 e. The summed E-state index contributed by atoms with van der Waals surface area (Å²) in [6.45, 7) is 7.86. The number of rotatable bonds is 6. The predicted octanol–water partition coefficient (Wildman–Crippen LogP) is 1.26. The van der Waals surface area contributed by atoms with E-state index in [9.17, 15) is 0 Å². The number of likely N-dealkylation sites (N-methyl/N-ethyl adjacent to an activating group) is 2. The second-order valence-corrected chi connectivity index (χ2v) is 5.21. The molecule has 0 spiro atoms. The van der Waals surface area contributed by atoms with E-state index >= 15 is 0 Å². The van der Waals surface area contributed by atoms with Gasteiger partial charge in [-0.05, 0) is 46.5 Å². The van der Waals surface area contributed by atoms with Gasteiger partial charge >= 0.3 is 0 Å². The highest BCUT2D eigenvalue weighted by molar-refractivity contribution is 6.02. The van der Waals surface area contributed by atoms with Crippen LogP contribution in [0.5, 0.6) is 0 Å². The van der Waals surface area contributed by atoms with Crippen molar-refractivity contribution in [1.82, 2.24) is 9.88 Å². The molecule has 0 aliphatic carbocycles. The van der Waals surface area contributed by atoms with Gasteiger partial charge in [0.2, 0.25) is 0 Å². The lowest BCUT2D eigenvalue weighted by molar-refractivity contribution is 0.318. The molecule has 0 bridgehead atoms. The van der Waals surface area contributed by atoms with E-state index in [1.54, 1.807) is 6.20 Å². The number of hydrogen-bond acceptors (Lipinski definition) is 5. The van der Waals surface area contributed by atoms with Gasteiger partial charge in [-0.3, -0.25) is 0 Å². The number of nitrogens with two attached hydrogens (primary N) is 1. The van der Waals surface area contributed by atoms with E-state index < -0.39 is 0 Å². The number of aryl methyl sites for hydroxylation is 1. The van der Waals surface area contributed by atoms with E-state index in [1.165, 1.54) is 0 Å². The van der Waals surface area contributed by atoms with Crippen LogP contribution in [0.1, 0.15) is 25.0 Å². The number of aromatic nitrogens is 1. The van der Waals surface area contributed by atoms with Crippen LogP contribution in [0, 0.1) is 6.92 Å². The molecule has 1 heterocycles. The second kappa shape index (κ2) is 7.09. The first-order valence-electron chi connectivity index (χ1n) is 6.77. The van der Waals surface area contributed by atoms with E-state index in [4.69, 9.17) is 10.9 Å².